The summed E-state index contributed by atoms with van der Waals surface area (Å²) >= 11 is 0. The third-order valence-electron chi connectivity index (χ3n) is 3.15. The third kappa shape index (κ3) is 3.34. The second-order valence-corrected chi connectivity index (χ2v) is 4.57. The van der Waals surface area contributed by atoms with Crippen molar-refractivity contribution >= 4 is 11.9 Å². The van der Waals surface area contributed by atoms with Crippen LogP contribution in [0.1, 0.15) is 25.7 Å². The van der Waals surface area contributed by atoms with E-state index in [9.17, 15) is 35.9 Å². The van der Waals surface area contributed by atoms with Gasteiger partial charge in [-0.3, -0.25) is 4.79 Å². The van der Waals surface area contributed by atoms with Crippen LogP contribution in [-0.4, -0.2) is 29.8 Å². The maximum absolute atomic E-state index is 13.0. The lowest BCUT2D eigenvalue weighted by molar-refractivity contribution is -0.295. The average molecular weight is 307 g/mol. The quantitative estimate of drug-likeness (QED) is 0.627. The number of carbonyl (C=O) groups is 2. The summed E-state index contributed by atoms with van der Waals surface area (Å²) in [5.41, 5.74) is 1.56. The van der Waals surface area contributed by atoms with Crippen molar-refractivity contribution in [3.63, 3.8) is 0 Å². The van der Waals surface area contributed by atoms with Crippen molar-refractivity contribution in [2.45, 2.75) is 43.6 Å². The highest BCUT2D eigenvalue weighted by molar-refractivity contribution is 5.78. The van der Waals surface area contributed by atoms with Crippen LogP contribution in [0.25, 0.3) is 0 Å². The minimum atomic E-state index is -5.54. The van der Waals surface area contributed by atoms with Crippen molar-refractivity contribution in [2.24, 2.45) is 11.7 Å². The van der Waals surface area contributed by atoms with Crippen LogP contribution < -0.4 is 5.73 Å². The summed E-state index contributed by atoms with van der Waals surface area (Å²) in [5, 5.41) is 0. The normalized spacial score (nSPS) is 28.0. The predicted octanol–water partition coefficient (Wildman–Crippen LogP) is 2.07. The molecule has 1 fully saturated rings. The molecule has 1 amide bonds. The Morgan fingerprint density at radius 1 is 1.15 bits per heavy atom. The molecular weight excluding hydrogens is 296 g/mol. The zero-order chi connectivity index (χ0) is 15.8. The van der Waals surface area contributed by atoms with Gasteiger partial charge < -0.3 is 10.5 Å². The van der Waals surface area contributed by atoms with Gasteiger partial charge >= 0.3 is 18.3 Å². The van der Waals surface area contributed by atoms with Crippen LogP contribution in [0.3, 0.4) is 0 Å². The van der Waals surface area contributed by atoms with Crippen molar-refractivity contribution < 1.29 is 40.7 Å². The molecule has 0 radical (unpaired) electrons. The molecule has 0 spiro atoms. The molecule has 0 heterocycles. The van der Waals surface area contributed by atoms with E-state index < -0.39 is 48.6 Å². The van der Waals surface area contributed by atoms with E-state index in [1.54, 1.807) is 0 Å². The fourth-order valence-electron chi connectivity index (χ4n) is 2.12. The highest BCUT2D eigenvalue weighted by Gasteiger charge is 2.62. The minimum Gasteiger partial charge on any atom is -0.443 e. The van der Waals surface area contributed by atoms with Gasteiger partial charge in [-0.2, -0.15) is 26.3 Å². The molecule has 10 heteroatoms. The molecule has 2 unspecified atom stereocenters. The molecule has 116 valence electrons. The SMILES string of the molecule is NC(=O)C1CCCC(OC(=O)C(F)(F)F)(C(F)(F)F)C1. The van der Waals surface area contributed by atoms with Gasteiger partial charge in [-0.1, -0.05) is 0 Å². The lowest BCUT2D eigenvalue weighted by Crippen LogP contribution is -2.55. The fraction of sp³-hybridized carbons (Fsp3) is 0.800. The van der Waals surface area contributed by atoms with Gasteiger partial charge in [-0.05, 0) is 19.3 Å². The van der Waals surface area contributed by atoms with Crippen LogP contribution in [0.4, 0.5) is 26.3 Å². The van der Waals surface area contributed by atoms with Crippen molar-refractivity contribution in [3.8, 4) is 0 Å². The molecule has 0 saturated heterocycles. The Morgan fingerprint density at radius 3 is 2.10 bits per heavy atom. The maximum atomic E-state index is 13.0. The van der Waals surface area contributed by atoms with E-state index in [-0.39, 0.29) is 12.8 Å². The van der Waals surface area contributed by atoms with Crippen LogP contribution in [0.2, 0.25) is 0 Å². The first-order valence-electron chi connectivity index (χ1n) is 5.55. The molecule has 1 rings (SSSR count). The Kier molecular flexibility index (Phi) is 4.25. The number of amides is 1. The standard InChI is InChI=1S/C10H11F6NO3/c11-9(12,13)7(19)20-8(10(14,15)16)3-1-2-5(4-8)6(17)18/h5H,1-4H2,(H2,17,18). The highest BCUT2D eigenvalue weighted by atomic mass is 19.4. The summed E-state index contributed by atoms with van der Waals surface area (Å²) in [5.74, 6) is -5.28. The zero-order valence-corrected chi connectivity index (χ0v) is 9.98. The van der Waals surface area contributed by atoms with E-state index in [4.69, 9.17) is 5.73 Å². The summed E-state index contributed by atoms with van der Waals surface area (Å²) in [4.78, 5) is 21.6. The van der Waals surface area contributed by atoms with E-state index in [0.29, 0.717) is 0 Å². The van der Waals surface area contributed by atoms with Gasteiger partial charge in [0.15, 0.2) is 0 Å². The Balaban J connectivity index is 3.05. The van der Waals surface area contributed by atoms with Crippen molar-refractivity contribution in [1.29, 1.82) is 0 Å². The third-order valence-corrected chi connectivity index (χ3v) is 3.15. The molecular formula is C10H11F6NO3. The summed E-state index contributed by atoms with van der Waals surface area (Å²) < 4.78 is 78.9. The van der Waals surface area contributed by atoms with Gasteiger partial charge in [-0.25, -0.2) is 4.79 Å². The summed E-state index contributed by atoms with van der Waals surface area (Å²) in [6.45, 7) is 0. The maximum Gasteiger partial charge on any atom is 0.490 e. The second kappa shape index (κ2) is 5.13. The number of rotatable bonds is 2. The van der Waals surface area contributed by atoms with E-state index in [0.717, 1.165) is 0 Å². The average Bonchev–Trinajstić information content (AvgIpc) is 2.26. The number of primary amides is 1. The summed E-state index contributed by atoms with van der Waals surface area (Å²) in [6, 6.07) is 0. The molecule has 0 aromatic carbocycles. The van der Waals surface area contributed by atoms with Crippen LogP contribution in [0.15, 0.2) is 0 Å². The smallest absolute Gasteiger partial charge is 0.443 e. The highest BCUT2D eigenvalue weighted by Crippen LogP contribution is 2.47. The number of esters is 1. The van der Waals surface area contributed by atoms with Gasteiger partial charge in [-0.15, -0.1) is 0 Å². The first kappa shape index (κ1) is 16.6. The van der Waals surface area contributed by atoms with Gasteiger partial charge in [0.2, 0.25) is 11.5 Å². The lowest BCUT2D eigenvalue weighted by atomic mass is 9.77. The molecule has 2 N–H and O–H groups in total. The molecule has 0 aromatic heterocycles. The van der Waals surface area contributed by atoms with Gasteiger partial charge in [0.1, 0.15) is 0 Å². The molecule has 0 aromatic rings. The van der Waals surface area contributed by atoms with Crippen molar-refractivity contribution in [1.82, 2.24) is 0 Å². The zero-order valence-electron chi connectivity index (χ0n) is 9.98. The first-order valence-corrected chi connectivity index (χ1v) is 5.55. The Labute approximate surface area is 109 Å². The number of ether oxygens (including phenoxy) is 1. The number of alkyl halides is 6. The molecule has 1 aliphatic carbocycles. The number of hydrogen-bond donors (Lipinski definition) is 1. The van der Waals surface area contributed by atoms with Crippen molar-refractivity contribution in [2.75, 3.05) is 0 Å². The molecule has 0 aliphatic heterocycles. The largest absolute Gasteiger partial charge is 0.490 e. The van der Waals surface area contributed by atoms with E-state index >= 15 is 0 Å². The van der Waals surface area contributed by atoms with Crippen molar-refractivity contribution in [3.05, 3.63) is 0 Å². The molecule has 1 saturated carbocycles. The topological polar surface area (TPSA) is 69.4 Å². The number of carbonyl (C=O) groups excluding carboxylic acids is 2. The van der Waals surface area contributed by atoms with Crippen LogP contribution in [-0.2, 0) is 14.3 Å². The lowest BCUT2D eigenvalue weighted by Gasteiger charge is -2.40. The summed E-state index contributed by atoms with van der Waals surface area (Å²) in [6.07, 6.45) is -12.9. The van der Waals surface area contributed by atoms with E-state index in [2.05, 4.69) is 4.74 Å². The minimum absolute atomic E-state index is 0.0106. The number of hydrogen-bond acceptors (Lipinski definition) is 3. The number of nitrogens with two attached hydrogens (primary N) is 1. The van der Waals surface area contributed by atoms with Gasteiger partial charge in [0.25, 0.3) is 0 Å². The second-order valence-electron chi connectivity index (χ2n) is 4.57. The molecule has 20 heavy (non-hydrogen) atoms. The fourth-order valence-corrected chi connectivity index (χ4v) is 2.12. The first-order chi connectivity index (χ1) is 8.89. The monoisotopic (exact) mass is 307 g/mol. The Hall–Kier alpha value is -1.48. The molecule has 4 nitrogen and oxygen atoms in total. The Morgan fingerprint density at radius 2 is 1.70 bits per heavy atom. The van der Waals surface area contributed by atoms with Gasteiger partial charge in [0.05, 0.1) is 0 Å². The van der Waals surface area contributed by atoms with Crippen LogP contribution in [0, 0.1) is 5.92 Å². The van der Waals surface area contributed by atoms with Crippen LogP contribution in [0.5, 0.6) is 0 Å². The molecule has 0 bridgehead atoms. The molecule has 1 aliphatic rings. The van der Waals surface area contributed by atoms with E-state index in [1.165, 1.54) is 0 Å². The summed E-state index contributed by atoms with van der Waals surface area (Å²) in [7, 11) is 0. The molecule has 2 atom stereocenters. The van der Waals surface area contributed by atoms with Crippen LogP contribution >= 0.6 is 0 Å². The van der Waals surface area contributed by atoms with E-state index in [1.807, 2.05) is 0 Å². The number of halogens is 6. The Bertz CT molecular complexity index is 405. The van der Waals surface area contributed by atoms with Gasteiger partial charge in [0, 0.05) is 12.3 Å². The predicted molar refractivity (Wildman–Crippen MR) is 52.1 cm³/mol.